The minimum Gasteiger partial charge on any atom is -0.494 e. The number of benzene rings is 2. The second kappa shape index (κ2) is 11.3. The molecule has 0 aliphatic carbocycles. The Hall–Kier alpha value is -3.59. The maximum atomic E-state index is 8.86. The van der Waals surface area contributed by atoms with Gasteiger partial charge in [0, 0.05) is 24.6 Å². The zero-order valence-corrected chi connectivity index (χ0v) is 16.3. The lowest BCUT2D eigenvalue weighted by atomic mass is 10.1. The molecule has 0 radical (unpaired) electrons. The number of hydrogen-bond acceptors (Lipinski definition) is 4. The summed E-state index contributed by atoms with van der Waals surface area (Å²) >= 11 is 0. The number of nitrogens with zero attached hydrogens (tertiary/aromatic N) is 3. The van der Waals surface area contributed by atoms with Gasteiger partial charge in [0.05, 0.1) is 6.61 Å². The van der Waals surface area contributed by atoms with Crippen molar-refractivity contribution in [1.29, 1.82) is 5.26 Å². The Morgan fingerprint density at radius 3 is 2.59 bits per heavy atom. The van der Waals surface area contributed by atoms with Crippen molar-refractivity contribution in [2.45, 2.75) is 25.7 Å². The van der Waals surface area contributed by atoms with Crippen molar-refractivity contribution in [3.05, 3.63) is 67.0 Å². The van der Waals surface area contributed by atoms with Crippen LogP contribution in [0, 0.1) is 11.5 Å². The smallest absolute Gasteiger partial charge is 0.209 e. The first kappa shape index (κ1) is 20.2. The van der Waals surface area contributed by atoms with E-state index >= 15 is 0 Å². The van der Waals surface area contributed by atoms with E-state index in [9.17, 15) is 0 Å². The van der Waals surface area contributed by atoms with E-state index in [1.807, 2.05) is 36.5 Å². The van der Waals surface area contributed by atoms with Gasteiger partial charge in [0.1, 0.15) is 5.75 Å². The van der Waals surface area contributed by atoms with Gasteiger partial charge in [0.25, 0.3) is 0 Å². The van der Waals surface area contributed by atoms with E-state index < -0.39 is 0 Å². The summed E-state index contributed by atoms with van der Waals surface area (Å²) in [6, 6.07) is 18.1. The van der Waals surface area contributed by atoms with Crippen LogP contribution in [0.3, 0.4) is 0 Å². The van der Waals surface area contributed by atoms with Gasteiger partial charge >= 0.3 is 0 Å². The topological polar surface area (TPSA) is 82.3 Å². The molecule has 6 heteroatoms. The van der Waals surface area contributed by atoms with E-state index in [4.69, 9.17) is 10.00 Å². The van der Waals surface area contributed by atoms with Crippen LogP contribution in [0.4, 0.5) is 5.69 Å². The number of aromatic nitrogens is 1. The number of nitrogens with one attached hydrogen (secondary N) is 2. The van der Waals surface area contributed by atoms with E-state index in [1.165, 1.54) is 10.8 Å². The van der Waals surface area contributed by atoms with Gasteiger partial charge in [-0.05, 0) is 54.3 Å². The molecule has 0 fully saturated rings. The van der Waals surface area contributed by atoms with Gasteiger partial charge in [-0.15, -0.1) is 0 Å². The summed E-state index contributed by atoms with van der Waals surface area (Å²) in [7, 11) is 0. The molecule has 6 nitrogen and oxygen atoms in total. The fourth-order valence-corrected chi connectivity index (χ4v) is 2.94. The fraction of sp³-hybridized carbons (Fsp3) is 0.261. The Kier molecular flexibility index (Phi) is 7.85. The van der Waals surface area contributed by atoms with Gasteiger partial charge in [0.15, 0.2) is 6.19 Å². The molecule has 2 aromatic carbocycles. The first-order chi connectivity index (χ1) is 14.3. The largest absolute Gasteiger partial charge is 0.494 e. The number of rotatable bonds is 9. The molecule has 3 rings (SSSR count). The number of fused-ring (bicyclic) bond motifs is 1. The Morgan fingerprint density at radius 1 is 0.966 bits per heavy atom. The van der Waals surface area contributed by atoms with Crippen molar-refractivity contribution in [2.24, 2.45) is 4.99 Å². The zero-order chi connectivity index (χ0) is 20.2. The number of anilines is 1. The molecular weight excluding hydrogens is 362 g/mol. The number of aliphatic imine (C=N–C) groups is 1. The molecule has 148 valence electrons. The van der Waals surface area contributed by atoms with Crippen LogP contribution in [0.25, 0.3) is 10.8 Å². The number of nitriles is 1. The highest BCUT2D eigenvalue weighted by atomic mass is 16.5. The van der Waals surface area contributed by atoms with Gasteiger partial charge in [-0.25, -0.2) is 0 Å². The average molecular weight is 387 g/mol. The summed E-state index contributed by atoms with van der Waals surface area (Å²) < 4.78 is 5.87. The molecule has 0 unspecified atom stereocenters. The quantitative estimate of drug-likeness (QED) is 0.183. The van der Waals surface area contributed by atoms with Gasteiger partial charge in [-0.2, -0.15) is 5.26 Å². The highest BCUT2D eigenvalue weighted by molar-refractivity contribution is 5.94. The summed E-state index contributed by atoms with van der Waals surface area (Å²) in [5.74, 6) is 1.38. The number of unbranched alkanes of at least 4 members (excludes halogenated alkanes) is 3. The molecule has 0 atom stereocenters. The first-order valence-corrected chi connectivity index (χ1v) is 9.83. The summed E-state index contributed by atoms with van der Waals surface area (Å²) in [4.78, 5) is 8.39. The fourth-order valence-electron chi connectivity index (χ4n) is 2.94. The van der Waals surface area contributed by atoms with Crippen LogP contribution >= 0.6 is 0 Å². The number of hydrogen-bond donors (Lipinski definition) is 2. The van der Waals surface area contributed by atoms with Crippen molar-refractivity contribution < 1.29 is 4.74 Å². The van der Waals surface area contributed by atoms with Gasteiger partial charge in [0.2, 0.25) is 5.96 Å². The molecule has 1 heterocycles. The van der Waals surface area contributed by atoms with Crippen molar-refractivity contribution in [3.8, 4) is 11.9 Å². The van der Waals surface area contributed by atoms with Crippen LogP contribution in [0.2, 0.25) is 0 Å². The maximum absolute atomic E-state index is 8.86. The van der Waals surface area contributed by atoms with Gasteiger partial charge < -0.3 is 10.1 Å². The molecule has 3 aromatic rings. The van der Waals surface area contributed by atoms with Crippen LogP contribution in [0.5, 0.6) is 5.75 Å². The van der Waals surface area contributed by atoms with E-state index in [0.717, 1.165) is 37.1 Å². The van der Waals surface area contributed by atoms with E-state index in [2.05, 4.69) is 44.9 Å². The normalized spacial score (nSPS) is 11.1. The lowest BCUT2D eigenvalue weighted by Crippen LogP contribution is -2.27. The third kappa shape index (κ3) is 6.82. The Labute approximate surface area is 171 Å². The third-order valence-corrected chi connectivity index (χ3v) is 4.43. The lowest BCUT2D eigenvalue weighted by Gasteiger charge is -2.08. The van der Waals surface area contributed by atoms with Crippen LogP contribution in [-0.4, -0.2) is 24.1 Å². The minimum absolute atomic E-state index is 0.457. The second-order valence-electron chi connectivity index (χ2n) is 6.60. The summed E-state index contributed by atoms with van der Waals surface area (Å²) in [6.07, 6.45) is 9.41. The molecule has 0 spiro atoms. The lowest BCUT2D eigenvalue weighted by molar-refractivity contribution is 0.305. The van der Waals surface area contributed by atoms with Crippen molar-refractivity contribution in [3.63, 3.8) is 0 Å². The zero-order valence-electron chi connectivity index (χ0n) is 16.3. The molecule has 2 N–H and O–H groups in total. The number of pyridine rings is 1. The van der Waals surface area contributed by atoms with Gasteiger partial charge in [-0.1, -0.05) is 36.8 Å². The minimum atomic E-state index is 0.457. The molecule has 0 bridgehead atoms. The average Bonchev–Trinajstić information content (AvgIpc) is 2.76. The van der Waals surface area contributed by atoms with Crippen molar-refractivity contribution >= 4 is 22.4 Å². The molecule has 0 saturated heterocycles. The SMILES string of the molecule is N#CNC(=NCCCCCCOc1ccc2ccccc2c1)Nc1ccncc1. The number of ether oxygens (including phenoxy) is 1. The first-order valence-electron chi connectivity index (χ1n) is 9.83. The van der Waals surface area contributed by atoms with E-state index in [1.54, 1.807) is 12.4 Å². The maximum Gasteiger partial charge on any atom is 0.209 e. The Balaban J connectivity index is 1.32. The molecule has 1 aromatic heterocycles. The highest BCUT2D eigenvalue weighted by Gasteiger charge is 2.00. The van der Waals surface area contributed by atoms with Crippen molar-refractivity contribution in [2.75, 3.05) is 18.5 Å². The van der Waals surface area contributed by atoms with Crippen LogP contribution in [0.15, 0.2) is 72.0 Å². The third-order valence-electron chi connectivity index (χ3n) is 4.43. The predicted octanol–water partition coefficient (Wildman–Crippen LogP) is 4.71. The second-order valence-corrected chi connectivity index (χ2v) is 6.60. The van der Waals surface area contributed by atoms with Crippen LogP contribution < -0.4 is 15.4 Å². The van der Waals surface area contributed by atoms with Crippen LogP contribution in [-0.2, 0) is 0 Å². The van der Waals surface area contributed by atoms with Crippen molar-refractivity contribution in [1.82, 2.24) is 10.3 Å². The predicted molar refractivity (Wildman–Crippen MR) is 117 cm³/mol. The molecular formula is C23H25N5O. The monoisotopic (exact) mass is 387 g/mol. The number of guanidine groups is 1. The summed E-state index contributed by atoms with van der Waals surface area (Å²) in [6.45, 7) is 1.38. The van der Waals surface area contributed by atoms with Gasteiger partial charge in [-0.3, -0.25) is 15.3 Å². The van der Waals surface area contributed by atoms with E-state index in [0.29, 0.717) is 19.1 Å². The standard InChI is InChI=1S/C23H25N5O/c24-18-27-23(28-21-11-14-25-15-12-21)26-13-5-1-2-6-16-29-22-10-9-19-7-3-4-8-20(19)17-22/h3-4,7-12,14-15,17H,1-2,5-6,13,16H2,(H2,25,26,27,28). The molecule has 0 saturated carbocycles. The molecule has 0 aliphatic rings. The summed E-state index contributed by atoms with van der Waals surface area (Å²) in [5, 5.41) is 16.9. The Bertz CT molecular complexity index is 966. The van der Waals surface area contributed by atoms with E-state index in [-0.39, 0.29) is 0 Å². The van der Waals surface area contributed by atoms with Crippen LogP contribution in [0.1, 0.15) is 25.7 Å². The molecule has 0 amide bonds. The Morgan fingerprint density at radius 2 is 1.76 bits per heavy atom. The molecule has 0 aliphatic heterocycles. The highest BCUT2D eigenvalue weighted by Crippen LogP contribution is 2.20. The summed E-state index contributed by atoms with van der Waals surface area (Å²) in [5.41, 5.74) is 0.840. The molecule has 29 heavy (non-hydrogen) atoms.